The SMILES string of the molecule is O=C(CN(CCO)CCO)C1CCOC1. The van der Waals surface area contributed by atoms with E-state index in [0.29, 0.717) is 32.8 Å². The number of carbonyl (C=O) groups excluding carboxylic acids is 1. The first kappa shape index (κ1) is 12.6. The van der Waals surface area contributed by atoms with Crippen LogP contribution in [-0.2, 0) is 9.53 Å². The van der Waals surface area contributed by atoms with Crippen LogP contribution < -0.4 is 0 Å². The molecule has 1 rings (SSSR count). The van der Waals surface area contributed by atoms with Crippen LogP contribution >= 0.6 is 0 Å². The van der Waals surface area contributed by atoms with E-state index in [0.717, 1.165) is 6.42 Å². The Morgan fingerprint density at radius 1 is 1.33 bits per heavy atom. The molecule has 1 unspecified atom stereocenters. The van der Waals surface area contributed by atoms with Gasteiger partial charge in [0.1, 0.15) is 0 Å². The number of hydrogen-bond donors (Lipinski definition) is 2. The van der Waals surface area contributed by atoms with E-state index in [1.165, 1.54) is 0 Å². The van der Waals surface area contributed by atoms with Crippen LogP contribution in [0.3, 0.4) is 0 Å². The number of aliphatic hydroxyl groups excluding tert-OH is 2. The van der Waals surface area contributed by atoms with E-state index in [1.807, 2.05) is 0 Å². The Kier molecular flexibility index (Phi) is 5.78. The molecule has 0 spiro atoms. The molecule has 1 aliphatic rings. The molecule has 1 heterocycles. The van der Waals surface area contributed by atoms with E-state index in [2.05, 4.69) is 0 Å². The molecule has 0 amide bonds. The minimum atomic E-state index is 0.00452. The summed E-state index contributed by atoms with van der Waals surface area (Å²) >= 11 is 0. The zero-order chi connectivity index (χ0) is 11.1. The number of nitrogens with zero attached hydrogens (tertiary/aromatic N) is 1. The molecule has 0 aliphatic carbocycles. The Balaban J connectivity index is 2.31. The highest BCUT2D eigenvalue weighted by molar-refractivity contribution is 5.83. The molecule has 1 saturated heterocycles. The molecule has 0 radical (unpaired) electrons. The van der Waals surface area contributed by atoms with Gasteiger partial charge in [0.15, 0.2) is 5.78 Å². The lowest BCUT2D eigenvalue weighted by Gasteiger charge is -2.20. The van der Waals surface area contributed by atoms with Gasteiger partial charge in [-0.2, -0.15) is 0 Å². The monoisotopic (exact) mass is 217 g/mol. The fraction of sp³-hybridized carbons (Fsp3) is 0.900. The van der Waals surface area contributed by atoms with E-state index < -0.39 is 0 Å². The van der Waals surface area contributed by atoms with Crippen LogP contribution in [0.15, 0.2) is 0 Å². The third-order valence-corrected chi connectivity index (χ3v) is 2.60. The molecule has 1 aliphatic heterocycles. The number of carbonyl (C=O) groups is 1. The summed E-state index contributed by atoms with van der Waals surface area (Å²) in [5, 5.41) is 17.6. The normalized spacial score (nSPS) is 21.1. The summed E-state index contributed by atoms with van der Waals surface area (Å²) < 4.78 is 5.14. The van der Waals surface area contributed by atoms with Crippen molar-refractivity contribution in [1.82, 2.24) is 4.90 Å². The molecule has 5 heteroatoms. The molecular weight excluding hydrogens is 198 g/mol. The number of hydrogen-bond acceptors (Lipinski definition) is 5. The van der Waals surface area contributed by atoms with E-state index in [1.54, 1.807) is 4.90 Å². The van der Waals surface area contributed by atoms with Crippen molar-refractivity contribution >= 4 is 5.78 Å². The summed E-state index contributed by atoms with van der Waals surface area (Å²) in [5.41, 5.74) is 0. The molecule has 0 aromatic heterocycles. The van der Waals surface area contributed by atoms with Crippen LogP contribution in [0.1, 0.15) is 6.42 Å². The van der Waals surface area contributed by atoms with E-state index >= 15 is 0 Å². The number of rotatable bonds is 7. The smallest absolute Gasteiger partial charge is 0.152 e. The van der Waals surface area contributed by atoms with Crippen molar-refractivity contribution in [2.75, 3.05) is 46.1 Å². The summed E-state index contributed by atoms with van der Waals surface area (Å²) in [4.78, 5) is 13.5. The van der Waals surface area contributed by atoms with Crippen molar-refractivity contribution in [3.63, 3.8) is 0 Å². The van der Waals surface area contributed by atoms with Gasteiger partial charge in [-0.1, -0.05) is 0 Å². The minimum Gasteiger partial charge on any atom is -0.395 e. The van der Waals surface area contributed by atoms with Gasteiger partial charge in [-0.05, 0) is 6.42 Å². The van der Waals surface area contributed by atoms with Crippen LogP contribution in [-0.4, -0.2) is 67.0 Å². The molecule has 2 N–H and O–H groups in total. The fourth-order valence-electron chi connectivity index (χ4n) is 1.69. The number of Topliss-reactive ketones (excluding diaryl/α,β-unsaturated/α-hetero) is 1. The van der Waals surface area contributed by atoms with Gasteiger partial charge in [0, 0.05) is 25.6 Å². The summed E-state index contributed by atoms with van der Waals surface area (Å²) in [6.45, 7) is 2.36. The van der Waals surface area contributed by atoms with Crippen LogP contribution in [0.4, 0.5) is 0 Å². The zero-order valence-corrected chi connectivity index (χ0v) is 8.89. The van der Waals surface area contributed by atoms with Crippen LogP contribution in [0.5, 0.6) is 0 Å². The van der Waals surface area contributed by atoms with Crippen molar-refractivity contribution in [2.24, 2.45) is 5.92 Å². The Morgan fingerprint density at radius 3 is 2.47 bits per heavy atom. The second kappa shape index (κ2) is 6.90. The lowest BCUT2D eigenvalue weighted by Crippen LogP contribution is -2.37. The second-order valence-corrected chi connectivity index (χ2v) is 3.75. The van der Waals surface area contributed by atoms with Gasteiger partial charge >= 0.3 is 0 Å². The maximum atomic E-state index is 11.7. The standard InChI is InChI=1S/C10H19NO4/c12-4-2-11(3-5-13)7-10(14)9-1-6-15-8-9/h9,12-13H,1-8H2. The predicted molar refractivity (Wildman–Crippen MR) is 54.5 cm³/mol. The maximum Gasteiger partial charge on any atom is 0.152 e. The van der Waals surface area contributed by atoms with Gasteiger partial charge in [0.2, 0.25) is 0 Å². The molecule has 88 valence electrons. The number of ketones is 1. The first-order valence-electron chi connectivity index (χ1n) is 5.32. The van der Waals surface area contributed by atoms with Gasteiger partial charge in [-0.25, -0.2) is 0 Å². The summed E-state index contributed by atoms with van der Waals surface area (Å²) in [6.07, 6.45) is 0.797. The Hall–Kier alpha value is -0.490. The molecule has 5 nitrogen and oxygen atoms in total. The summed E-state index contributed by atoms with van der Waals surface area (Å²) in [7, 11) is 0. The predicted octanol–water partition coefficient (Wildman–Crippen LogP) is -1.12. The highest BCUT2D eigenvalue weighted by Crippen LogP contribution is 2.13. The van der Waals surface area contributed by atoms with E-state index in [4.69, 9.17) is 14.9 Å². The second-order valence-electron chi connectivity index (χ2n) is 3.75. The number of ether oxygens (including phenoxy) is 1. The van der Waals surface area contributed by atoms with Crippen molar-refractivity contribution in [3.8, 4) is 0 Å². The average Bonchev–Trinajstić information content (AvgIpc) is 2.71. The number of aliphatic hydroxyl groups is 2. The Morgan fingerprint density at radius 2 is 2.00 bits per heavy atom. The van der Waals surface area contributed by atoms with Crippen molar-refractivity contribution in [3.05, 3.63) is 0 Å². The largest absolute Gasteiger partial charge is 0.395 e. The first-order valence-corrected chi connectivity index (χ1v) is 5.32. The topological polar surface area (TPSA) is 70.0 Å². The lowest BCUT2D eigenvalue weighted by atomic mass is 10.0. The van der Waals surface area contributed by atoms with E-state index in [9.17, 15) is 4.79 Å². The molecule has 0 aromatic carbocycles. The highest BCUT2D eigenvalue weighted by Gasteiger charge is 2.24. The van der Waals surface area contributed by atoms with Gasteiger partial charge in [0.05, 0.1) is 26.4 Å². The zero-order valence-electron chi connectivity index (χ0n) is 8.89. The average molecular weight is 217 g/mol. The molecule has 15 heavy (non-hydrogen) atoms. The van der Waals surface area contributed by atoms with Gasteiger partial charge < -0.3 is 14.9 Å². The molecule has 0 saturated carbocycles. The molecule has 0 aromatic rings. The maximum absolute atomic E-state index is 11.7. The van der Waals surface area contributed by atoms with Crippen molar-refractivity contribution in [2.45, 2.75) is 6.42 Å². The van der Waals surface area contributed by atoms with Gasteiger partial charge in [0.25, 0.3) is 0 Å². The van der Waals surface area contributed by atoms with Crippen LogP contribution in [0, 0.1) is 5.92 Å². The van der Waals surface area contributed by atoms with Gasteiger partial charge in [-0.3, -0.25) is 9.69 Å². The van der Waals surface area contributed by atoms with E-state index in [-0.39, 0.29) is 24.9 Å². The molecule has 1 atom stereocenters. The first-order chi connectivity index (χ1) is 7.27. The molecule has 0 bridgehead atoms. The fourth-order valence-corrected chi connectivity index (χ4v) is 1.69. The van der Waals surface area contributed by atoms with Gasteiger partial charge in [-0.15, -0.1) is 0 Å². The molecule has 1 fully saturated rings. The summed E-state index contributed by atoms with van der Waals surface area (Å²) in [6, 6.07) is 0. The molecular formula is C10H19NO4. The Bertz CT molecular complexity index is 186. The van der Waals surface area contributed by atoms with Crippen molar-refractivity contribution in [1.29, 1.82) is 0 Å². The lowest BCUT2D eigenvalue weighted by molar-refractivity contribution is -0.124. The highest BCUT2D eigenvalue weighted by atomic mass is 16.5. The third kappa shape index (κ3) is 4.25. The van der Waals surface area contributed by atoms with Crippen LogP contribution in [0.2, 0.25) is 0 Å². The summed E-state index contributed by atoms with van der Waals surface area (Å²) in [5.74, 6) is 0.152. The Labute approximate surface area is 89.6 Å². The third-order valence-electron chi connectivity index (χ3n) is 2.60. The van der Waals surface area contributed by atoms with Crippen molar-refractivity contribution < 1.29 is 19.7 Å². The quantitative estimate of drug-likeness (QED) is 0.565. The minimum absolute atomic E-state index is 0.00452. The van der Waals surface area contributed by atoms with Crippen LogP contribution in [0.25, 0.3) is 0 Å².